The zero-order valence-corrected chi connectivity index (χ0v) is 15.6. The van der Waals surface area contributed by atoms with E-state index in [9.17, 15) is 4.79 Å². The molecule has 0 aliphatic carbocycles. The molecule has 6 heteroatoms. The van der Waals surface area contributed by atoms with E-state index in [0.717, 1.165) is 18.8 Å². The van der Waals surface area contributed by atoms with Gasteiger partial charge in [-0.25, -0.2) is 0 Å². The summed E-state index contributed by atoms with van der Waals surface area (Å²) in [6.07, 6.45) is 4.95. The predicted octanol–water partition coefficient (Wildman–Crippen LogP) is 2.61. The van der Waals surface area contributed by atoms with Crippen molar-refractivity contribution in [3.05, 3.63) is 90.0 Å². The first kappa shape index (κ1) is 18.1. The average molecular weight is 373 g/mol. The lowest BCUT2D eigenvalue weighted by Crippen LogP contribution is -2.50. The summed E-state index contributed by atoms with van der Waals surface area (Å²) in [5.74, 6) is -0.0199. The minimum atomic E-state index is -0.0199. The quantitative estimate of drug-likeness (QED) is 0.761. The Kier molecular flexibility index (Phi) is 5.30. The van der Waals surface area contributed by atoms with E-state index in [2.05, 4.69) is 45.2 Å². The van der Waals surface area contributed by atoms with E-state index in [-0.39, 0.29) is 11.9 Å². The van der Waals surface area contributed by atoms with E-state index in [0.29, 0.717) is 24.3 Å². The third-order valence-electron chi connectivity index (χ3n) is 5.06. The number of carbonyl (C=O) groups excluding carboxylic acids is 1. The van der Waals surface area contributed by atoms with Gasteiger partial charge in [0.15, 0.2) is 0 Å². The number of anilines is 1. The Labute approximate surface area is 164 Å². The Balaban J connectivity index is 1.51. The van der Waals surface area contributed by atoms with Crippen LogP contribution >= 0.6 is 0 Å². The molecule has 142 valence electrons. The summed E-state index contributed by atoms with van der Waals surface area (Å²) in [5.41, 5.74) is 9.04. The summed E-state index contributed by atoms with van der Waals surface area (Å²) in [4.78, 5) is 25.7. The van der Waals surface area contributed by atoms with Gasteiger partial charge in [-0.3, -0.25) is 19.7 Å². The van der Waals surface area contributed by atoms with E-state index >= 15 is 0 Å². The van der Waals surface area contributed by atoms with Gasteiger partial charge in [-0.1, -0.05) is 36.4 Å². The lowest BCUT2D eigenvalue weighted by Gasteiger charge is -2.39. The summed E-state index contributed by atoms with van der Waals surface area (Å²) in [7, 11) is 0. The predicted molar refractivity (Wildman–Crippen MR) is 109 cm³/mol. The summed E-state index contributed by atoms with van der Waals surface area (Å²) in [6, 6.07) is 18.2. The molecule has 28 heavy (non-hydrogen) atoms. The van der Waals surface area contributed by atoms with Crippen LogP contribution in [0.5, 0.6) is 0 Å². The Morgan fingerprint density at radius 1 is 0.964 bits per heavy atom. The van der Waals surface area contributed by atoms with Gasteiger partial charge in [-0.05, 0) is 23.8 Å². The topological polar surface area (TPSA) is 75.3 Å². The number of benzene rings is 1. The SMILES string of the molecule is Nc1cncc(C(=O)N2CCN(C(c3ccccc3)c3ccccn3)CC2)c1. The van der Waals surface area contributed by atoms with Gasteiger partial charge in [0, 0.05) is 44.8 Å². The van der Waals surface area contributed by atoms with Crippen molar-refractivity contribution in [3.63, 3.8) is 0 Å². The lowest BCUT2D eigenvalue weighted by molar-refractivity contribution is 0.0594. The molecule has 1 amide bonds. The van der Waals surface area contributed by atoms with Crippen LogP contribution in [0.15, 0.2) is 73.2 Å². The average Bonchev–Trinajstić information content (AvgIpc) is 2.75. The molecule has 0 saturated carbocycles. The van der Waals surface area contributed by atoms with Crippen molar-refractivity contribution in [2.45, 2.75) is 6.04 Å². The first-order valence-corrected chi connectivity index (χ1v) is 9.42. The fourth-order valence-electron chi connectivity index (χ4n) is 3.68. The number of nitrogens with two attached hydrogens (primary N) is 1. The number of nitrogen functional groups attached to an aromatic ring is 1. The van der Waals surface area contributed by atoms with Crippen LogP contribution in [0.1, 0.15) is 27.7 Å². The number of nitrogens with zero attached hydrogens (tertiary/aromatic N) is 4. The maximum atomic E-state index is 12.8. The van der Waals surface area contributed by atoms with Gasteiger partial charge in [-0.2, -0.15) is 0 Å². The van der Waals surface area contributed by atoms with Crippen LogP contribution in [0.25, 0.3) is 0 Å². The van der Waals surface area contributed by atoms with Crippen molar-refractivity contribution in [3.8, 4) is 0 Å². The largest absolute Gasteiger partial charge is 0.397 e. The molecule has 0 spiro atoms. The van der Waals surface area contributed by atoms with Gasteiger partial charge in [0.05, 0.1) is 23.0 Å². The monoisotopic (exact) mass is 373 g/mol. The van der Waals surface area contributed by atoms with Crippen molar-refractivity contribution >= 4 is 11.6 Å². The molecule has 1 aliphatic heterocycles. The lowest BCUT2D eigenvalue weighted by atomic mass is 10.0. The van der Waals surface area contributed by atoms with Gasteiger partial charge in [0.1, 0.15) is 0 Å². The van der Waals surface area contributed by atoms with E-state index in [1.54, 1.807) is 18.5 Å². The van der Waals surface area contributed by atoms with Crippen LogP contribution in [0.3, 0.4) is 0 Å². The Morgan fingerprint density at radius 3 is 2.39 bits per heavy atom. The van der Waals surface area contributed by atoms with Crippen LogP contribution in [0.4, 0.5) is 5.69 Å². The summed E-state index contributed by atoms with van der Waals surface area (Å²) < 4.78 is 0. The van der Waals surface area contributed by atoms with Crippen molar-refractivity contribution in [1.29, 1.82) is 0 Å². The highest BCUT2D eigenvalue weighted by atomic mass is 16.2. The summed E-state index contributed by atoms with van der Waals surface area (Å²) >= 11 is 0. The molecule has 1 aliphatic rings. The van der Waals surface area contributed by atoms with Crippen molar-refractivity contribution < 1.29 is 4.79 Å². The third kappa shape index (κ3) is 3.87. The molecule has 0 bridgehead atoms. The first-order chi connectivity index (χ1) is 13.7. The second-order valence-corrected chi connectivity index (χ2v) is 6.90. The molecular weight excluding hydrogens is 350 g/mol. The highest BCUT2D eigenvalue weighted by Gasteiger charge is 2.29. The molecule has 0 radical (unpaired) electrons. The molecule has 1 fully saturated rings. The summed E-state index contributed by atoms with van der Waals surface area (Å²) in [6.45, 7) is 2.86. The van der Waals surface area contributed by atoms with Gasteiger partial charge in [-0.15, -0.1) is 0 Å². The zero-order valence-electron chi connectivity index (χ0n) is 15.6. The van der Waals surface area contributed by atoms with E-state index in [1.165, 1.54) is 5.56 Å². The molecule has 6 nitrogen and oxygen atoms in total. The fourth-order valence-corrected chi connectivity index (χ4v) is 3.68. The van der Waals surface area contributed by atoms with Crippen LogP contribution < -0.4 is 5.73 Å². The minimum absolute atomic E-state index is 0.0199. The van der Waals surface area contributed by atoms with Gasteiger partial charge in [0.2, 0.25) is 0 Å². The van der Waals surface area contributed by atoms with Gasteiger partial charge in [0.25, 0.3) is 5.91 Å². The normalized spacial score (nSPS) is 15.9. The number of piperazine rings is 1. The Hall–Kier alpha value is -3.25. The van der Waals surface area contributed by atoms with Crippen molar-refractivity contribution in [2.24, 2.45) is 0 Å². The third-order valence-corrected chi connectivity index (χ3v) is 5.06. The highest BCUT2D eigenvalue weighted by Crippen LogP contribution is 2.28. The number of carbonyl (C=O) groups is 1. The number of hydrogen-bond acceptors (Lipinski definition) is 5. The maximum Gasteiger partial charge on any atom is 0.255 e. The van der Waals surface area contributed by atoms with Crippen LogP contribution in [0.2, 0.25) is 0 Å². The number of rotatable bonds is 4. The Bertz CT molecular complexity index is 884. The molecule has 3 aromatic rings. The van der Waals surface area contributed by atoms with Crippen molar-refractivity contribution in [1.82, 2.24) is 19.8 Å². The number of pyridine rings is 2. The van der Waals surface area contributed by atoms with E-state index < -0.39 is 0 Å². The minimum Gasteiger partial charge on any atom is -0.397 e. The molecule has 3 heterocycles. The van der Waals surface area contributed by atoms with Crippen LogP contribution in [-0.2, 0) is 0 Å². The van der Waals surface area contributed by atoms with Crippen LogP contribution in [0, 0.1) is 0 Å². The maximum absolute atomic E-state index is 12.8. The molecular formula is C22H23N5O. The van der Waals surface area contributed by atoms with E-state index in [1.807, 2.05) is 29.3 Å². The number of hydrogen-bond donors (Lipinski definition) is 1. The highest BCUT2D eigenvalue weighted by molar-refractivity contribution is 5.94. The molecule has 1 aromatic carbocycles. The zero-order chi connectivity index (χ0) is 19.3. The smallest absolute Gasteiger partial charge is 0.255 e. The number of amides is 1. The molecule has 4 rings (SSSR count). The molecule has 2 aromatic heterocycles. The molecule has 1 atom stereocenters. The molecule has 1 unspecified atom stereocenters. The van der Waals surface area contributed by atoms with Crippen molar-refractivity contribution in [2.75, 3.05) is 31.9 Å². The Morgan fingerprint density at radius 2 is 1.71 bits per heavy atom. The second kappa shape index (κ2) is 8.19. The van der Waals surface area contributed by atoms with Gasteiger partial charge >= 0.3 is 0 Å². The fraction of sp³-hybridized carbons (Fsp3) is 0.227. The van der Waals surface area contributed by atoms with Crippen LogP contribution in [-0.4, -0.2) is 51.9 Å². The standard InChI is InChI=1S/C22H23N5O/c23-19-14-18(15-24-16-19)22(28)27-12-10-26(11-13-27)21(17-6-2-1-3-7-17)20-8-4-5-9-25-20/h1-9,14-16,21H,10-13,23H2. The summed E-state index contributed by atoms with van der Waals surface area (Å²) in [5, 5.41) is 0. The first-order valence-electron chi connectivity index (χ1n) is 9.42. The van der Waals surface area contributed by atoms with Gasteiger partial charge < -0.3 is 10.6 Å². The molecule has 2 N–H and O–H groups in total. The molecule has 1 saturated heterocycles. The second-order valence-electron chi connectivity index (χ2n) is 6.90. The number of aromatic nitrogens is 2. The van der Waals surface area contributed by atoms with E-state index in [4.69, 9.17) is 5.73 Å².